The van der Waals surface area contributed by atoms with E-state index in [-0.39, 0.29) is 0 Å². The van der Waals surface area contributed by atoms with E-state index in [1.807, 2.05) is 19.9 Å². The zero-order valence-electron chi connectivity index (χ0n) is 14.7. The molecule has 24 heavy (non-hydrogen) atoms. The first-order chi connectivity index (χ1) is 11.7. The van der Waals surface area contributed by atoms with Gasteiger partial charge in [0.2, 0.25) is 5.89 Å². The highest BCUT2D eigenvalue weighted by Crippen LogP contribution is 2.16. The molecule has 1 aliphatic heterocycles. The molecule has 0 amide bonds. The molecule has 0 spiro atoms. The van der Waals surface area contributed by atoms with Crippen LogP contribution < -0.4 is 4.90 Å². The van der Waals surface area contributed by atoms with Crippen LogP contribution in [0.1, 0.15) is 29.6 Å². The summed E-state index contributed by atoms with van der Waals surface area (Å²) >= 11 is 0. The Bertz CT molecular complexity index is 653. The van der Waals surface area contributed by atoms with Gasteiger partial charge in [0.15, 0.2) is 5.82 Å². The van der Waals surface area contributed by atoms with Crippen LogP contribution in [0.5, 0.6) is 0 Å². The number of aryl methyl sites for hydroxylation is 2. The Labute approximate surface area is 142 Å². The van der Waals surface area contributed by atoms with Crippen LogP contribution in [0.25, 0.3) is 0 Å². The Hall–Kier alpha value is -1.99. The molecule has 2 aromatic heterocycles. The molecule has 0 aromatic carbocycles. The molecule has 0 saturated carbocycles. The minimum absolute atomic E-state index is 0.441. The third-order valence-electron chi connectivity index (χ3n) is 4.31. The molecule has 130 valence electrons. The average Bonchev–Trinajstić information content (AvgIpc) is 2.76. The summed E-state index contributed by atoms with van der Waals surface area (Å²) in [5.41, 5.74) is 0.980. The molecular formula is C17H25N5O2. The van der Waals surface area contributed by atoms with Crippen LogP contribution in [0, 0.1) is 13.8 Å². The maximum absolute atomic E-state index is 5.71. The molecule has 1 aliphatic rings. The number of aromatic nitrogens is 3. The van der Waals surface area contributed by atoms with Crippen molar-refractivity contribution in [2.45, 2.75) is 33.4 Å². The third-order valence-corrected chi connectivity index (χ3v) is 4.31. The fraction of sp³-hybridized carbons (Fsp3) is 0.588. The summed E-state index contributed by atoms with van der Waals surface area (Å²) in [7, 11) is 1.66. The number of nitrogens with zero attached hydrogens (tertiary/aromatic N) is 5. The zero-order valence-corrected chi connectivity index (χ0v) is 14.7. The number of anilines is 1. The first kappa shape index (κ1) is 16.9. The van der Waals surface area contributed by atoms with E-state index in [9.17, 15) is 0 Å². The molecular weight excluding hydrogens is 306 g/mol. The number of hydrogen-bond acceptors (Lipinski definition) is 7. The smallest absolute Gasteiger partial charge is 0.208 e. The van der Waals surface area contributed by atoms with Crippen molar-refractivity contribution in [3.05, 3.63) is 35.4 Å². The SMILES string of the molecule is COCc1nccc(N2CCCN(Cc3nc(C)c(C)o3)CC2)n1. The van der Waals surface area contributed by atoms with Gasteiger partial charge in [-0.25, -0.2) is 15.0 Å². The second-order valence-electron chi connectivity index (χ2n) is 6.13. The Morgan fingerprint density at radius 3 is 2.79 bits per heavy atom. The van der Waals surface area contributed by atoms with Crippen LogP contribution in [-0.2, 0) is 17.9 Å². The highest BCUT2D eigenvalue weighted by Gasteiger charge is 2.18. The van der Waals surface area contributed by atoms with Crippen molar-refractivity contribution in [1.82, 2.24) is 19.9 Å². The molecule has 0 aliphatic carbocycles. The maximum atomic E-state index is 5.71. The summed E-state index contributed by atoms with van der Waals surface area (Å²) in [6, 6.07) is 1.97. The largest absolute Gasteiger partial charge is 0.444 e. The highest BCUT2D eigenvalue weighted by molar-refractivity contribution is 5.37. The Kier molecular flexibility index (Phi) is 5.42. The highest BCUT2D eigenvalue weighted by atomic mass is 16.5. The molecule has 3 rings (SSSR count). The van der Waals surface area contributed by atoms with E-state index < -0.39 is 0 Å². The van der Waals surface area contributed by atoms with Crippen molar-refractivity contribution in [2.75, 3.05) is 38.2 Å². The van der Waals surface area contributed by atoms with Crippen LogP contribution in [0.2, 0.25) is 0 Å². The van der Waals surface area contributed by atoms with Gasteiger partial charge in [0.1, 0.15) is 18.2 Å². The van der Waals surface area contributed by atoms with Gasteiger partial charge in [0.25, 0.3) is 0 Å². The quantitative estimate of drug-likeness (QED) is 0.829. The molecule has 2 aromatic rings. The fourth-order valence-corrected chi connectivity index (χ4v) is 2.92. The van der Waals surface area contributed by atoms with E-state index in [1.54, 1.807) is 13.3 Å². The second kappa shape index (κ2) is 7.72. The lowest BCUT2D eigenvalue weighted by atomic mass is 10.3. The van der Waals surface area contributed by atoms with E-state index in [0.29, 0.717) is 6.61 Å². The summed E-state index contributed by atoms with van der Waals surface area (Å²) < 4.78 is 10.8. The minimum Gasteiger partial charge on any atom is -0.444 e. The summed E-state index contributed by atoms with van der Waals surface area (Å²) in [4.78, 5) is 18.0. The van der Waals surface area contributed by atoms with E-state index in [1.165, 1.54) is 0 Å². The summed E-state index contributed by atoms with van der Waals surface area (Å²) in [5, 5.41) is 0. The lowest BCUT2D eigenvalue weighted by molar-refractivity contribution is 0.178. The normalized spacial score (nSPS) is 16.4. The first-order valence-electron chi connectivity index (χ1n) is 8.37. The molecule has 7 nitrogen and oxygen atoms in total. The van der Waals surface area contributed by atoms with Gasteiger partial charge in [-0.1, -0.05) is 0 Å². The van der Waals surface area contributed by atoms with Crippen molar-refractivity contribution in [1.29, 1.82) is 0 Å². The third kappa shape index (κ3) is 4.10. The van der Waals surface area contributed by atoms with Gasteiger partial charge < -0.3 is 14.1 Å². The lowest BCUT2D eigenvalue weighted by Gasteiger charge is -2.22. The topological polar surface area (TPSA) is 67.5 Å². The molecule has 0 N–H and O–H groups in total. The molecule has 0 atom stereocenters. The van der Waals surface area contributed by atoms with E-state index in [2.05, 4.69) is 24.8 Å². The van der Waals surface area contributed by atoms with Gasteiger partial charge >= 0.3 is 0 Å². The van der Waals surface area contributed by atoms with Crippen LogP contribution in [0.4, 0.5) is 5.82 Å². The number of hydrogen-bond donors (Lipinski definition) is 0. The number of methoxy groups -OCH3 is 1. The summed E-state index contributed by atoms with van der Waals surface area (Å²) in [6.45, 7) is 9.07. The molecule has 0 radical (unpaired) electrons. The van der Waals surface area contributed by atoms with Gasteiger partial charge in [-0.2, -0.15) is 0 Å². The fourth-order valence-electron chi connectivity index (χ4n) is 2.92. The lowest BCUT2D eigenvalue weighted by Crippen LogP contribution is -2.31. The van der Waals surface area contributed by atoms with Crippen LogP contribution >= 0.6 is 0 Å². The van der Waals surface area contributed by atoms with E-state index in [0.717, 1.165) is 68.1 Å². The molecule has 0 unspecified atom stereocenters. The number of oxazole rings is 1. The van der Waals surface area contributed by atoms with Crippen molar-refractivity contribution in [2.24, 2.45) is 0 Å². The van der Waals surface area contributed by atoms with Crippen LogP contribution in [-0.4, -0.2) is 53.1 Å². The van der Waals surface area contributed by atoms with Gasteiger partial charge in [-0.15, -0.1) is 0 Å². The summed E-state index contributed by atoms with van der Waals surface area (Å²) in [6.07, 6.45) is 2.89. The predicted molar refractivity (Wildman–Crippen MR) is 90.8 cm³/mol. The zero-order chi connectivity index (χ0) is 16.9. The number of rotatable bonds is 5. The van der Waals surface area contributed by atoms with E-state index >= 15 is 0 Å². The van der Waals surface area contributed by atoms with Crippen LogP contribution in [0.3, 0.4) is 0 Å². The van der Waals surface area contributed by atoms with Crippen molar-refractivity contribution < 1.29 is 9.15 Å². The molecule has 1 fully saturated rings. The van der Waals surface area contributed by atoms with Gasteiger partial charge in [-0.05, 0) is 26.3 Å². The van der Waals surface area contributed by atoms with Gasteiger partial charge in [-0.3, -0.25) is 4.90 Å². The van der Waals surface area contributed by atoms with Crippen molar-refractivity contribution in [3.63, 3.8) is 0 Å². The Balaban J connectivity index is 1.61. The summed E-state index contributed by atoms with van der Waals surface area (Å²) in [5.74, 6) is 3.42. The Morgan fingerprint density at radius 1 is 1.17 bits per heavy atom. The van der Waals surface area contributed by atoms with Crippen molar-refractivity contribution >= 4 is 5.82 Å². The van der Waals surface area contributed by atoms with Crippen LogP contribution in [0.15, 0.2) is 16.7 Å². The van der Waals surface area contributed by atoms with Gasteiger partial charge in [0, 0.05) is 39.5 Å². The average molecular weight is 331 g/mol. The maximum Gasteiger partial charge on any atom is 0.208 e. The standard InChI is InChI=1S/C17H25N5O2/c1-13-14(2)24-17(19-13)11-21-7-4-8-22(10-9-21)16-5-6-18-15(20-16)12-23-3/h5-6H,4,7-12H2,1-3H3. The second-order valence-corrected chi connectivity index (χ2v) is 6.13. The molecule has 1 saturated heterocycles. The monoisotopic (exact) mass is 331 g/mol. The van der Waals surface area contributed by atoms with Gasteiger partial charge in [0.05, 0.1) is 12.2 Å². The minimum atomic E-state index is 0.441. The van der Waals surface area contributed by atoms with E-state index in [4.69, 9.17) is 9.15 Å². The Morgan fingerprint density at radius 2 is 2.04 bits per heavy atom. The molecule has 0 bridgehead atoms. The first-order valence-corrected chi connectivity index (χ1v) is 8.37. The predicted octanol–water partition coefficient (Wildman–Crippen LogP) is 1.94. The molecule has 7 heteroatoms. The number of ether oxygens (including phenoxy) is 1. The van der Waals surface area contributed by atoms with Crippen molar-refractivity contribution in [3.8, 4) is 0 Å². The molecule has 3 heterocycles.